The molecule has 2 rings (SSSR count). The summed E-state index contributed by atoms with van der Waals surface area (Å²) in [6, 6.07) is 0. The summed E-state index contributed by atoms with van der Waals surface area (Å²) >= 11 is 0. The Morgan fingerprint density at radius 3 is 1.76 bits per heavy atom. The molecule has 0 aliphatic carbocycles. The Balaban J connectivity index is 0.000000171. The number of hydrogen-bond donors (Lipinski definition) is 2. The number of nitrogens with one attached hydrogen (secondary N) is 2. The van der Waals surface area contributed by atoms with E-state index in [4.69, 9.17) is 0 Å². The van der Waals surface area contributed by atoms with Crippen LogP contribution in [0.25, 0.3) is 0 Å². The van der Waals surface area contributed by atoms with Crippen LogP contribution in [-0.4, -0.2) is 23.1 Å². The van der Waals surface area contributed by atoms with Gasteiger partial charge in [0.05, 0.1) is 0 Å². The number of hydrogen-bond acceptors (Lipinski definition) is 4. The molecule has 2 aliphatic heterocycles. The standard InChI is InChI=1S/C7H12N2.C6H10N2/c1-2-6-9-7-4-3-5-8-9;1-2-8-6-4-3-5-7-8/h3-5,7-8H,2,6H2,1H3;3-7H,2H2,1H3. The summed E-state index contributed by atoms with van der Waals surface area (Å²) < 4.78 is 0. The van der Waals surface area contributed by atoms with Crippen molar-refractivity contribution in [2.45, 2.75) is 20.3 Å². The maximum atomic E-state index is 3.09. The SMILES string of the molecule is CCCN1C=CC=CN1.CCN1C=CC=CN1. The van der Waals surface area contributed by atoms with Gasteiger partial charge in [0, 0.05) is 37.9 Å². The van der Waals surface area contributed by atoms with Gasteiger partial charge in [0.15, 0.2) is 0 Å². The fraction of sp³-hybridized carbons (Fsp3) is 0.385. The molecule has 17 heavy (non-hydrogen) atoms. The summed E-state index contributed by atoms with van der Waals surface area (Å²) in [5, 5.41) is 4.06. The van der Waals surface area contributed by atoms with Crippen molar-refractivity contribution in [1.82, 2.24) is 20.9 Å². The van der Waals surface area contributed by atoms with Crippen LogP contribution in [0.15, 0.2) is 49.1 Å². The van der Waals surface area contributed by atoms with E-state index in [0.717, 1.165) is 13.1 Å². The van der Waals surface area contributed by atoms with Crippen LogP contribution < -0.4 is 10.9 Å². The van der Waals surface area contributed by atoms with E-state index in [0.29, 0.717) is 0 Å². The minimum absolute atomic E-state index is 1.00. The van der Waals surface area contributed by atoms with Gasteiger partial charge in [-0.1, -0.05) is 6.92 Å². The monoisotopic (exact) mass is 234 g/mol. The minimum atomic E-state index is 1.00. The van der Waals surface area contributed by atoms with Gasteiger partial charge < -0.3 is 10.9 Å². The van der Waals surface area contributed by atoms with Gasteiger partial charge in [-0.05, 0) is 37.6 Å². The first kappa shape index (κ1) is 13.2. The molecule has 4 heteroatoms. The lowest BCUT2D eigenvalue weighted by molar-refractivity contribution is 0.313. The lowest BCUT2D eigenvalue weighted by Gasteiger charge is -2.20. The van der Waals surface area contributed by atoms with Crippen molar-refractivity contribution >= 4 is 0 Å². The van der Waals surface area contributed by atoms with Gasteiger partial charge in [-0.25, -0.2) is 0 Å². The number of hydrazine groups is 2. The number of allylic oxidation sites excluding steroid dienone is 4. The van der Waals surface area contributed by atoms with E-state index in [-0.39, 0.29) is 0 Å². The van der Waals surface area contributed by atoms with Gasteiger partial charge in [0.2, 0.25) is 0 Å². The molecule has 0 amide bonds. The second kappa shape index (κ2) is 8.33. The van der Waals surface area contributed by atoms with Crippen LogP contribution in [-0.2, 0) is 0 Å². The van der Waals surface area contributed by atoms with Gasteiger partial charge in [-0.3, -0.25) is 10.0 Å². The Labute approximate surface area is 104 Å². The molecule has 2 N–H and O–H groups in total. The van der Waals surface area contributed by atoms with E-state index in [1.807, 2.05) is 54.1 Å². The molecule has 0 fully saturated rings. The molecule has 0 radical (unpaired) electrons. The number of rotatable bonds is 3. The highest BCUT2D eigenvalue weighted by atomic mass is 15.5. The maximum Gasteiger partial charge on any atom is 0.0384 e. The molecule has 2 heterocycles. The van der Waals surface area contributed by atoms with Crippen molar-refractivity contribution in [1.29, 1.82) is 0 Å². The quantitative estimate of drug-likeness (QED) is 0.783. The summed E-state index contributed by atoms with van der Waals surface area (Å²) in [5.41, 5.74) is 6.12. The molecule has 0 saturated heterocycles. The zero-order valence-electron chi connectivity index (χ0n) is 10.6. The third-order valence-electron chi connectivity index (χ3n) is 2.23. The Hall–Kier alpha value is -1.84. The third kappa shape index (κ3) is 5.70. The van der Waals surface area contributed by atoms with E-state index in [1.165, 1.54) is 6.42 Å². The van der Waals surface area contributed by atoms with Crippen LogP contribution >= 0.6 is 0 Å². The highest BCUT2D eigenvalue weighted by molar-refractivity contribution is 5.05. The average molecular weight is 234 g/mol. The molecule has 0 spiro atoms. The summed E-state index contributed by atoms with van der Waals surface area (Å²) in [6.07, 6.45) is 17.0. The van der Waals surface area contributed by atoms with Gasteiger partial charge in [-0.2, -0.15) is 0 Å². The molecule has 0 aromatic rings. The van der Waals surface area contributed by atoms with Crippen LogP contribution in [0.4, 0.5) is 0 Å². The molecule has 2 aliphatic rings. The average Bonchev–Trinajstić information content (AvgIpc) is 2.42. The molecule has 0 bridgehead atoms. The predicted molar refractivity (Wildman–Crippen MR) is 72.2 cm³/mol. The summed E-state index contributed by atoms with van der Waals surface area (Å²) in [6.45, 7) is 6.33. The molecule has 0 saturated carbocycles. The van der Waals surface area contributed by atoms with E-state index in [1.54, 1.807) is 0 Å². The van der Waals surface area contributed by atoms with Crippen LogP contribution in [0, 0.1) is 0 Å². The lowest BCUT2D eigenvalue weighted by Crippen LogP contribution is -2.30. The first-order valence-corrected chi connectivity index (χ1v) is 6.09. The van der Waals surface area contributed by atoms with Crippen LogP contribution in [0.5, 0.6) is 0 Å². The Morgan fingerprint density at radius 1 is 0.824 bits per heavy atom. The lowest BCUT2D eigenvalue weighted by atomic mass is 10.4. The van der Waals surface area contributed by atoms with Gasteiger partial charge >= 0.3 is 0 Å². The molecule has 0 aromatic heterocycles. The first-order chi connectivity index (χ1) is 8.36. The Bertz CT molecular complexity index is 305. The van der Waals surface area contributed by atoms with Crippen molar-refractivity contribution < 1.29 is 0 Å². The summed E-state index contributed by atoms with van der Waals surface area (Å²) in [7, 11) is 0. The van der Waals surface area contributed by atoms with E-state index >= 15 is 0 Å². The summed E-state index contributed by atoms with van der Waals surface area (Å²) in [4.78, 5) is 0. The predicted octanol–water partition coefficient (Wildman–Crippen LogP) is 2.10. The van der Waals surface area contributed by atoms with E-state index in [2.05, 4.69) is 29.7 Å². The van der Waals surface area contributed by atoms with Crippen LogP contribution in [0.1, 0.15) is 20.3 Å². The van der Waals surface area contributed by atoms with Crippen molar-refractivity contribution in [3.63, 3.8) is 0 Å². The normalized spacial score (nSPS) is 16.1. The highest BCUT2D eigenvalue weighted by Gasteiger charge is 1.93. The zero-order valence-corrected chi connectivity index (χ0v) is 10.6. The van der Waals surface area contributed by atoms with Crippen molar-refractivity contribution in [2.24, 2.45) is 0 Å². The summed E-state index contributed by atoms with van der Waals surface area (Å²) in [5.74, 6) is 0. The van der Waals surface area contributed by atoms with Gasteiger partial charge in [0.1, 0.15) is 0 Å². The van der Waals surface area contributed by atoms with Crippen LogP contribution in [0.3, 0.4) is 0 Å². The van der Waals surface area contributed by atoms with Crippen LogP contribution in [0.2, 0.25) is 0 Å². The second-order valence-electron chi connectivity index (χ2n) is 3.64. The topological polar surface area (TPSA) is 30.5 Å². The highest BCUT2D eigenvalue weighted by Crippen LogP contribution is 1.92. The second-order valence-corrected chi connectivity index (χ2v) is 3.64. The zero-order chi connectivity index (χ0) is 12.3. The van der Waals surface area contributed by atoms with E-state index in [9.17, 15) is 0 Å². The Kier molecular flexibility index (Phi) is 6.48. The minimum Gasteiger partial charge on any atom is -0.306 e. The molecule has 0 unspecified atom stereocenters. The molecular weight excluding hydrogens is 212 g/mol. The third-order valence-corrected chi connectivity index (χ3v) is 2.23. The van der Waals surface area contributed by atoms with E-state index < -0.39 is 0 Å². The molecule has 0 atom stereocenters. The molecule has 0 aromatic carbocycles. The fourth-order valence-corrected chi connectivity index (χ4v) is 1.36. The molecular formula is C13H22N4. The fourth-order valence-electron chi connectivity index (χ4n) is 1.36. The maximum absolute atomic E-state index is 3.09. The molecule has 4 nitrogen and oxygen atoms in total. The number of nitrogens with zero attached hydrogens (tertiary/aromatic N) is 2. The smallest absolute Gasteiger partial charge is 0.0384 e. The van der Waals surface area contributed by atoms with Crippen molar-refractivity contribution in [3.8, 4) is 0 Å². The first-order valence-electron chi connectivity index (χ1n) is 6.09. The Morgan fingerprint density at radius 2 is 1.41 bits per heavy atom. The largest absolute Gasteiger partial charge is 0.306 e. The van der Waals surface area contributed by atoms with Gasteiger partial charge in [-0.15, -0.1) is 0 Å². The molecule has 94 valence electrons. The van der Waals surface area contributed by atoms with Crippen molar-refractivity contribution in [3.05, 3.63) is 49.1 Å². The van der Waals surface area contributed by atoms with Crippen molar-refractivity contribution in [2.75, 3.05) is 13.1 Å². The van der Waals surface area contributed by atoms with Gasteiger partial charge in [0.25, 0.3) is 0 Å².